The Labute approximate surface area is 172 Å². The zero-order valence-corrected chi connectivity index (χ0v) is 19.4. The molecule has 155 valence electrons. The maximum atomic E-state index is 9.87. The van der Waals surface area contributed by atoms with Gasteiger partial charge in [0.1, 0.15) is 0 Å². The fourth-order valence-electron chi connectivity index (χ4n) is 0.665. The molecule has 0 aliphatic carbocycles. The molecule has 0 aromatic heterocycles. The molecule has 27 heavy (non-hydrogen) atoms. The molecule has 0 N–H and O–H groups in total. The van der Waals surface area contributed by atoms with Gasteiger partial charge in [0.25, 0.3) is 0 Å². The second kappa shape index (κ2) is 18.7. The summed E-state index contributed by atoms with van der Waals surface area (Å²) in [6.45, 7) is 13.7. The van der Waals surface area contributed by atoms with Crippen LogP contribution in [0.4, 0.5) is 0 Å². The molecule has 10 nitrogen and oxygen atoms in total. The van der Waals surface area contributed by atoms with E-state index in [1.807, 2.05) is 0 Å². The van der Waals surface area contributed by atoms with Crippen molar-refractivity contribution < 1.29 is 49.7 Å². The molecule has 0 fully saturated rings. The zero-order chi connectivity index (χ0) is 22.8. The Hall–Kier alpha value is -2.04. The number of nitrogens with zero attached hydrogens (tertiary/aromatic N) is 4. The predicted octanol–water partition coefficient (Wildman–Crippen LogP) is 2.87. The van der Waals surface area contributed by atoms with Crippen LogP contribution in [0.25, 0.3) is 16.0 Å². The summed E-state index contributed by atoms with van der Waals surface area (Å²) in [6.07, 6.45) is 0. The Kier molecular flexibility index (Phi) is 22.6. The van der Waals surface area contributed by atoms with Crippen LogP contribution in [0, 0.1) is 0 Å². The van der Waals surface area contributed by atoms with Crippen molar-refractivity contribution in [3.8, 4) is 0 Å². The minimum atomic E-state index is -0.437. The molecule has 0 rings (SSSR count). The van der Waals surface area contributed by atoms with Gasteiger partial charge in [-0.2, -0.15) is 0 Å². The van der Waals surface area contributed by atoms with E-state index in [-0.39, 0.29) is 5.54 Å². The fourth-order valence-corrected chi connectivity index (χ4v) is 0.665. The summed E-state index contributed by atoms with van der Waals surface area (Å²) in [7, 11) is 0. The third kappa shape index (κ3) is 68.8. The molecule has 0 aliphatic heterocycles. The van der Waals surface area contributed by atoms with Crippen LogP contribution in [0.15, 0.2) is 3.34 Å². The first-order chi connectivity index (χ1) is 11.9. The van der Waals surface area contributed by atoms with Gasteiger partial charge < -0.3 is 44.7 Å². The number of rotatable bonds is 0. The second-order valence-electron chi connectivity index (χ2n) is 5.72. The van der Waals surface area contributed by atoms with E-state index in [0.29, 0.717) is 0 Å². The van der Waals surface area contributed by atoms with Gasteiger partial charge in [0, 0.05) is 0 Å². The van der Waals surface area contributed by atoms with Crippen LogP contribution in [0.5, 0.6) is 0 Å². The Balaban J connectivity index is -0.000000131. The van der Waals surface area contributed by atoms with Crippen LogP contribution in [-0.2, 0) is 49.7 Å². The van der Waals surface area contributed by atoms with Crippen molar-refractivity contribution in [2.24, 2.45) is 3.34 Å². The first-order valence-corrected chi connectivity index (χ1v) is 8.47. The average Bonchev–Trinajstić information content (AvgIpc) is 2.34. The molecule has 0 aromatic rings. The van der Waals surface area contributed by atoms with Gasteiger partial charge in [-0.15, -0.1) is 0 Å². The summed E-state index contributed by atoms with van der Waals surface area (Å²) < 4.78 is 4.07. The summed E-state index contributed by atoms with van der Waals surface area (Å²) in [4.78, 5) is 59.2. The van der Waals surface area contributed by atoms with E-state index in [4.69, 9.17) is 0 Å². The summed E-state index contributed by atoms with van der Waals surface area (Å²) in [5, 5.41) is 9.00. The van der Waals surface area contributed by atoms with Gasteiger partial charge in [-0.05, 0) is 41.5 Å². The summed E-state index contributed by atoms with van der Waals surface area (Å²) in [5.41, 5.74) is 0.189. The molecule has 0 unspecified atom stereocenters. The molecule has 0 radical (unpaired) electrons. The number of carbonyl (C=O) groups is 6. The van der Waals surface area contributed by atoms with Crippen molar-refractivity contribution in [2.45, 2.75) is 67.9 Å². The van der Waals surface area contributed by atoms with Crippen LogP contribution in [0.2, 0.25) is 0 Å². The van der Waals surface area contributed by atoms with Crippen molar-refractivity contribution in [2.75, 3.05) is 0 Å². The normalized spacial score (nSPS) is 8.44. The maximum absolute atomic E-state index is 9.87. The third-order valence-electron chi connectivity index (χ3n) is 1.24. The van der Waals surface area contributed by atoms with E-state index in [0.717, 1.165) is 0 Å². The van der Waals surface area contributed by atoms with Gasteiger partial charge in [-0.3, -0.25) is 0 Å². The molecule has 0 heterocycles. The van der Waals surface area contributed by atoms with Gasteiger partial charge in [-0.1, -0.05) is 0 Å². The number of amides is 6. The van der Waals surface area contributed by atoms with Crippen molar-refractivity contribution in [1.29, 1.82) is 0 Å². The number of hydrogen-bond acceptors (Lipinski definition) is 7. The molecule has 6 amide bonds. The van der Waals surface area contributed by atoms with Crippen molar-refractivity contribution in [3.63, 3.8) is 0 Å². The number of carbonyl (C=O) groups excluding carboxylic acids is 6. The average molecular weight is 464 g/mol. The van der Waals surface area contributed by atoms with Crippen molar-refractivity contribution >= 4 is 35.4 Å². The second-order valence-corrected chi connectivity index (χ2v) is 6.21. The Morgan fingerprint density at radius 3 is 0.667 bits per heavy atom. The number of imide groups is 3. The minimum absolute atomic E-state index is 0.189. The molecule has 0 spiro atoms. The Bertz CT molecular complexity index is 444. The molecule has 0 atom stereocenters. The van der Waals surface area contributed by atoms with Crippen LogP contribution in [0.3, 0.4) is 0 Å². The standard InChI is InChI=1S/3C4H7NO2.C4H9N.Nb/c3*1-3(6)5-4(2)7;1-4(2,3)5;/h3*1-2H3,(H,5,6,7);1-3H3;/p-3. The van der Waals surface area contributed by atoms with Gasteiger partial charge in [-0.25, -0.2) is 0 Å². The molecule has 0 saturated carbocycles. The molecule has 0 aromatic carbocycles. The van der Waals surface area contributed by atoms with Crippen molar-refractivity contribution in [3.05, 3.63) is 16.0 Å². The predicted molar refractivity (Wildman–Crippen MR) is 96.3 cm³/mol. The molecule has 0 bridgehead atoms. The molecule has 11 heteroatoms. The molecular weight excluding hydrogens is 437 g/mol. The van der Waals surface area contributed by atoms with Gasteiger partial charge in [0.05, 0.1) is 35.4 Å². The molecule has 0 aliphatic rings. The Morgan fingerprint density at radius 2 is 0.667 bits per heavy atom. The van der Waals surface area contributed by atoms with Gasteiger partial charge in [0.2, 0.25) is 0 Å². The molecule has 0 saturated heterocycles. The zero-order valence-electron chi connectivity index (χ0n) is 17.2. The van der Waals surface area contributed by atoms with Crippen LogP contribution >= 0.6 is 0 Å². The van der Waals surface area contributed by atoms with Crippen LogP contribution in [0.1, 0.15) is 62.3 Å². The van der Waals surface area contributed by atoms with Crippen molar-refractivity contribution in [1.82, 2.24) is 0 Å². The quantitative estimate of drug-likeness (QED) is 0.502. The van der Waals surface area contributed by atoms with Gasteiger partial charge >= 0.3 is 50.5 Å². The number of hydrogen-bond donors (Lipinski definition) is 0. The van der Waals surface area contributed by atoms with E-state index >= 15 is 0 Å². The summed E-state index contributed by atoms with van der Waals surface area (Å²) >= 11 is 1.52. The summed E-state index contributed by atoms with van der Waals surface area (Å²) in [5.74, 6) is -2.62. The molecular formula is C16H27N4NbO6-3. The first kappa shape index (κ1) is 32.6. The van der Waals surface area contributed by atoms with E-state index in [1.54, 1.807) is 0 Å². The third-order valence-corrected chi connectivity index (χ3v) is 2.72. The topological polar surface area (TPSA) is 157 Å². The van der Waals surface area contributed by atoms with Crippen LogP contribution < -0.4 is 0 Å². The fraction of sp³-hybridized carbons (Fsp3) is 0.625. The SMILES string of the molecule is CC(=O)[N-]C(C)=O.CC(=O)[N-]C(C)=O.CC(=O)[N-]C(C)=O.CC(C)(C)[N]=[Nb]. The monoisotopic (exact) mass is 464 g/mol. The first-order valence-electron chi connectivity index (χ1n) is 7.49. The van der Waals surface area contributed by atoms with Gasteiger partial charge in [0.15, 0.2) is 0 Å². The summed E-state index contributed by atoms with van der Waals surface area (Å²) in [6, 6.07) is 0. The van der Waals surface area contributed by atoms with E-state index in [1.165, 1.54) is 62.4 Å². The van der Waals surface area contributed by atoms with E-state index in [2.05, 4.69) is 40.1 Å². The van der Waals surface area contributed by atoms with Crippen LogP contribution in [-0.4, -0.2) is 41.0 Å². The van der Waals surface area contributed by atoms with E-state index < -0.39 is 35.4 Å². The Morgan fingerprint density at radius 1 is 0.556 bits per heavy atom. The van der Waals surface area contributed by atoms with E-state index in [9.17, 15) is 28.8 Å².